The van der Waals surface area contributed by atoms with Crippen molar-refractivity contribution in [2.45, 2.75) is 6.18 Å². The molecule has 9 heavy (non-hydrogen) atoms. The fourth-order valence-corrected chi connectivity index (χ4v) is 0.189. The Labute approximate surface area is 48.6 Å². The summed E-state index contributed by atoms with van der Waals surface area (Å²) in [5.74, 6) is -2.32. The lowest BCUT2D eigenvalue weighted by molar-refractivity contribution is -0.109. The van der Waals surface area contributed by atoms with E-state index in [0.717, 1.165) is 0 Å². The van der Waals surface area contributed by atoms with Crippen LogP contribution in [0.25, 0.3) is 0 Å². The highest BCUT2D eigenvalue weighted by molar-refractivity contribution is 4.98. The Morgan fingerprint density at radius 2 is 1.89 bits per heavy atom. The number of rotatable bonds is 1. The van der Waals surface area contributed by atoms with Crippen LogP contribution in [0.4, 0.5) is 17.6 Å². The third-order valence-electron chi connectivity index (χ3n) is 0.533. The van der Waals surface area contributed by atoms with E-state index in [9.17, 15) is 22.7 Å². The zero-order valence-electron chi connectivity index (χ0n) is 4.20. The van der Waals surface area contributed by atoms with Crippen molar-refractivity contribution >= 4 is 0 Å². The van der Waals surface area contributed by atoms with Gasteiger partial charge in [-0.15, -0.1) is 0 Å². The van der Waals surface area contributed by atoms with Gasteiger partial charge in [0, 0.05) is 0 Å². The lowest BCUT2D eigenvalue weighted by Gasteiger charge is -1.99. The van der Waals surface area contributed by atoms with Crippen LogP contribution in [0.15, 0.2) is 11.9 Å². The van der Waals surface area contributed by atoms with Gasteiger partial charge >= 0.3 is 6.18 Å². The normalized spacial score (nSPS) is 14.1. The van der Waals surface area contributed by atoms with E-state index in [-0.39, 0.29) is 6.08 Å². The van der Waals surface area contributed by atoms with Crippen LogP contribution in [0.1, 0.15) is 0 Å². The van der Waals surface area contributed by atoms with Crippen molar-refractivity contribution in [1.82, 2.24) is 0 Å². The molecule has 0 heterocycles. The average molecular weight is 143 g/mol. The topological polar surface area (TPSA) is 19.9 Å². The summed E-state index contributed by atoms with van der Waals surface area (Å²) in [6.45, 7) is -1.19. The predicted octanol–water partition coefficient (Wildman–Crippen LogP) is 1.83. The first-order chi connectivity index (χ1) is 3.98. The molecular weight excluding hydrogens is 140 g/mol. The first kappa shape index (κ1) is 8.42. The maximum absolute atomic E-state index is 11.4. The second-order valence-corrected chi connectivity index (χ2v) is 1.22. The van der Waals surface area contributed by atoms with Crippen molar-refractivity contribution in [3.8, 4) is 0 Å². The number of allylic oxidation sites excluding steroid dienone is 1. The molecule has 0 aromatic rings. The van der Waals surface area contributed by atoms with Crippen LogP contribution in [-0.2, 0) is 5.11 Å². The zero-order valence-corrected chi connectivity index (χ0v) is 4.20. The highest BCUT2D eigenvalue weighted by Crippen LogP contribution is 2.25. The van der Waals surface area contributed by atoms with E-state index >= 15 is 0 Å². The molecule has 0 unspecified atom stereocenters. The zero-order chi connectivity index (χ0) is 7.49. The Morgan fingerprint density at radius 3 is 2.00 bits per heavy atom. The number of halogens is 4. The van der Waals surface area contributed by atoms with Gasteiger partial charge in [-0.05, 0) is 6.08 Å². The summed E-state index contributed by atoms with van der Waals surface area (Å²) in [6.07, 6.45) is -5.05. The highest BCUT2D eigenvalue weighted by Gasteiger charge is 2.33. The average Bonchev–Trinajstić information content (AvgIpc) is 1.64. The molecule has 0 spiro atoms. The van der Waals surface area contributed by atoms with E-state index in [2.05, 4.69) is 0 Å². The quantitative estimate of drug-likeness (QED) is 0.499. The van der Waals surface area contributed by atoms with E-state index in [1.54, 1.807) is 0 Å². The summed E-state index contributed by atoms with van der Waals surface area (Å²) >= 11 is 0. The van der Waals surface area contributed by atoms with Gasteiger partial charge < -0.3 is 0 Å². The summed E-state index contributed by atoms with van der Waals surface area (Å²) in [5, 5.41) is 9.37. The molecule has 0 atom stereocenters. The van der Waals surface area contributed by atoms with E-state index in [0.29, 0.717) is 0 Å². The third-order valence-corrected chi connectivity index (χ3v) is 0.533. The van der Waals surface area contributed by atoms with Gasteiger partial charge in [0.05, 0.1) is 0 Å². The van der Waals surface area contributed by atoms with Crippen LogP contribution in [0.3, 0.4) is 0 Å². The number of alkyl halides is 3. The predicted molar refractivity (Wildman–Crippen MR) is 20.8 cm³/mol. The molecule has 0 fully saturated rings. The fourth-order valence-electron chi connectivity index (χ4n) is 0.189. The van der Waals surface area contributed by atoms with E-state index in [4.69, 9.17) is 0 Å². The lowest BCUT2D eigenvalue weighted by Crippen LogP contribution is -2.07. The Bertz CT molecular complexity index is 114. The van der Waals surface area contributed by atoms with Gasteiger partial charge in [0.1, 0.15) is 6.61 Å². The van der Waals surface area contributed by atoms with Gasteiger partial charge in [0.2, 0.25) is 5.83 Å². The molecule has 0 saturated carbocycles. The van der Waals surface area contributed by atoms with Crippen molar-refractivity contribution in [2.24, 2.45) is 0 Å². The molecule has 0 saturated heterocycles. The SMILES string of the molecule is [O]CC=C(F)C(F)(F)F. The first-order valence-corrected chi connectivity index (χ1v) is 1.99. The molecule has 53 valence electrons. The van der Waals surface area contributed by atoms with Gasteiger partial charge in [0.25, 0.3) is 0 Å². The molecule has 0 amide bonds. The maximum atomic E-state index is 11.4. The molecule has 0 aromatic heterocycles. The van der Waals surface area contributed by atoms with Crippen molar-refractivity contribution in [3.05, 3.63) is 11.9 Å². The Kier molecular flexibility index (Phi) is 2.64. The molecule has 0 aliphatic carbocycles. The van der Waals surface area contributed by atoms with E-state index in [1.165, 1.54) is 0 Å². The minimum absolute atomic E-state index is 0.0556. The largest absolute Gasteiger partial charge is 0.442 e. The molecule has 0 bridgehead atoms. The standard InChI is InChI=1S/C4H3F4O/c5-3(1-2-9)4(6,7)8/h1H,2H2. The second-order valence-electron chi connectivity index (χ2n) is 1.22. The fraction of sp³-hybridized carbons (Fsp3) is 0.500. The van der Waals surface area contributed by atoms with Crippen LogP contribution in [0, 0.1) is 0 Å². The Hall–Kier alpha value is -0.580. The summed E-state index contributed by atoms with van der Waals surface area (Å²) < 4.78 is 44.6. The number of hydrogen-bond donors (Lipinski definition) is 0. The summed E-state index contributed by atoms with van der Waals surface area (Å²) in [6, 6.07) is 0. The molecule has 0 rings (SSSR count). The van der Waals surface area contributed by atoms with Crippen LogP contribution in [-0.4, -0.2) is 12.8 Å². The minimum Gasteiger partial charge on any atom is -0.232 e. The minimum atomic E-state index is -5.00. The van der Waals surface area contributed by atoms with Gasteiger partial charge in [-0.2, -0.15) is 13.2 Å². The number of hydrogen-bond acceptors (Lipinski definition) is 0. The molecule has 1 nitrogen and oxygen atoms in total. The monoisotopic (exact) mass is 143 g/mol. The Morgan fingerprint density at radius 1 is 1.44 bits per heavy atom. The smallest absolute Gasteiger partial charge is 0.232 e. The molecular formula is C4H3F4O. The van der Waals surface area contributed by atoms with Gasteiger partial charge in [-0.1, -0.05) is 0 Å². The van der Waals surface area contributed by atoms with Gasteiger partial charge in [0.15, 0.2) is 0 Å². The third kappa shape index (κ3) is 3.07. The van der Waals surface area contributed by atoms with Crippen molar-refractivity contribution in [2.75, 3.05) is 6.61 Å². The van der Waals surface area contributed by atoms with E-state index < -0.39 is 18.6 Å². The molecule has 0 aliphatic heterocycles. The van der Waals surface area contributed by atoms with Crippen LogP contribution >= 0.6 is 0 Å². The molecule has 1 radical (unpaired) electrons. The van der Waals surface area contributed by atoms with E-state index in [1.807, 2.05) is 0 Å². The summed E-state index contributed by atoms with van der Waals surface area (Å²) in [7, 11) is 0. The molecule has 5 heteroatoms. The van der Waals surface area contributed by atoms with Gasteiger partial charge in [-0.3, -0.25) is 0 Å². The van der Waals surface area contributed by atoms with Crippen LogP contribution in [0.2, 0.25) is 0 Å². The van der Waals surface area contributed by atoms with Crippen LogP contribution in [0.5, 0.6) is 0 Å². The highest BCUT2D eigenvalue weighted by atomic mass is 19.4. The van der Waals surface area contributed by atoms with Crippen molar-refractivity contribution < 1.29 is 22.7 Å². The second kappa shape index (κ2) is 2.82. The Balaban J connectivity index is 4.03. The summed E-state index contributed by atoms with van der Waals surface area (Å²) in [5.41, 5.74) is 0. The molecule has 0 aromatic carbocycles. The summed E-state index contributed by atoms with van der Waals surface area (Å²) in [4.78, 5) is 0. The lowest BCUT2D eigenvalue weighted by atomic mass is 10.5. The maximum Gasteiger partial charge on any atom is 0.442 e. The van der Waals surface area contributed by atoms with Crippen molar-refractivity contribution in [1.29, 1.82) is 0 Å². The molecule has 0 N–H and O–H groups in total. The van der Waals surface area contributed by atoms with Gasteiger partial charge in [-0.25, -0.2) is 9.50 Å². The first-order valence-electron chi connectivity index (χ1n) is 1.99. The van der Waals surface area contributed by atoms with Crippen molar-refractivity contribution in [3.63, 3.8) is 0 Å². The van der Waals surface area contributed by atoms with Crippen LogP contribution < -0.4 is 0 Å². The molecule has 0 aliphatic rings.